The Balaban J connectivity index is 2.75. The van der Waals surface area contributed by atoms with Crippen LogP contribution in [0, 0.1) is 5.92 Å². The fraction of sp³-hybridized carbons (Fsp3) is 0.778. The molecule has 0 bridgehead atoms. The predicted molar refractivity (Wildman–Crippen MR) is 148 cm³/mol. The Morgan fingerprint density at radius 3 is 2.03 bits per heavy atom. The van der Waals surface area contributed by atoms with Gasteiger partial charge >= 0.3 is 0 Å². The van der Waals surface area contributed by atoms with E-state index in [1.807, 2.05) is 25.1 Å². The maximum atomic E-state index is 11.3. The molecule has 0 aliphatic heterocycles. The maximum Gasteiger partial charge on any atom is 0.189 e. The molecule has 1 aromatic rings. The van der Waals surface area contributed by atoms with Crippen molar-refractivity contribution in [2.45, 2.75) is 104 Å². The summed E-state index contributed by atoms with van der Waals surface area (Å²) in [5, 5.41) is 11.3. The zero-order valence-corrected chi connectivity index (χ0v) is 25.5. The van der Waals surface area contributed by atoms with Crippen molar-refractivity contribution in [3.05, 3.63) is 29.3 Å². The third kappa shape index (κ3) is 14.6. The van der Waals surface area contributed by atoms with Gasteiger partial charge in [-0.05, 0) is 49.4 Å². The largest absolute Gasteiger partial charge is 0.467 e. The first kappa shape index (κ1) is 31.3. The molecule has 198 valence electrons. The fourth-order valence-electron chi connectivity index (χ4n) is 3.41. The summed E-state index contributed by atoms with van der Waals surface area (Å²) in [6, 6.07) is 8.18. The lowest BCUT2D eigenvalue weighted by Gasteiger charge is -2.27. The molecule has 0 aliphatic rings. The molecule has 34 heavy (non-hydrogen) atoms. The minimum atomic E-state index is -1.14. The van der Waals surface area contributed by atoms with Crippen LogP contribution in [0.1, 0.15) is 51.2 Å². The van der Waals surface area contributed by atoms with Crippen molar-refractivity contribution in [2.24, 2.45) is 5.92 Å². The molecule has 0 fully saturated rings. The molecule has 1 atom stereocenters. The lowest BCUT2D eigenvalue weighted by atomic mass is 9.88. The smallest absolute Gasteiger partial charge is 0.189 e. The Labute approximate surface area is 211 Å². The van der Waals surface area contributed by atoms with E-state index in [-0.39, 0.29) is 13.6 Å². The zero-order valence-electron chi connectivity index (χ0n) is 23.5. The van der Waals surface area contributed by atoms with Crippen molar-refractivity contribution in [2.75, 3.05) is 26.8 Å². The van der Waals surface area contributed by atoms with Gasteiger partial charge in [0, 0.05) is 34.9 Å². The van der Waals surface area contributed by atoms with E-state index >= 15 is 0 Å². The van der Waals surface area contributed by atoms with Gasteiger partial charge in [-0.1, -0.05) is 71.7 Å². The Bertz CT molecular complexity index is 693. The second-order valence-corrected chi connectivity index (χ2v) is 23.8. The molecule has 0 saturated carbocycles. The molecule has 0 aromatic heterocycles. The third-order valence-electron chi connectivity index (χ3n) is 5.80. The van der Waals surface area contributed by atoms with E-state index in [0.29, 0.717) is 31.3 Å². The van der Waals surface area contributed by atoms with Crippen molar-refractivity contribution in [1.82, 2.24) is 0 Å². The lowest BCUT2D eigenvalue weighted by molar-refractivity contribution is -0.0574. The number of ether oxygens (including phenoxy) is 4. The first-order chi connectivity index (χ1) is 15.7. The van der Waals surface area contributed by atoms with Crippen molar-refractivity contribution < 1.29 is 24.1 Å². The molecule has 1 aromatic carbocycles. The van der Waals surface area contributed by atoms with Crippen LogP contribution in [-0.4, -0.2) is 48.1 Å². The number of rotatable bonds is 18. The Morgan fingerprint density at radius 2 is 1.47 bits per heavy atom. The normalized spacial score (nSPS) is 14.4. The minimum Gasteiger partial charge on any atom is -0.467 e. The Morgan fingerprint density at radius 1 is 0.882 bits per heavy atom. The van der Waals surface area contributed by atoms with E-state index in [9.17, 15) is 5.11 Å². The number of hydrogen-bond donors (Lipinski definition) is 1. The average molecular weight is 513 g/mol. The minimum absolute atomic E-state index is 0.184. The maximum absolute atomic E-state index is 11.3. The molecule has 0 amide bonds. The van der Waals surface area contributed by atoms with E-state index in [2.05, 4.69) is 53.1 Å². The van der Waals surface area contributed by atoms with Gasteiger partial charge in [-0.25, -0.2) is 0 Å². The lowest BCUT2D eigenvalue weighted by Crippen LogP contribution is -2.24. The number of aliphatic hydroxyl groups is 1. The summed E-state index contributed by atoms with van der Waals surface area (Å²) in [6.45, 7) is 22.7. The van der Waals surface area contributed by atoms with E-state index in [4.69, 9.17) is 18.9 Å². The van der Waals surface area contributed by atoms with E-state index < -0.39 is 21.7 Å². The van der Waals surface area contributed by atoms with Crippen molar-refractivity contribution >= 4 is 16.1 Å². The van der Waals surface area contributed by atoms with Gasteiger partial charge in [0.2, 0.25) is 0 Å². The van der Waals surface area contributed by atoms with Crippen LogP contribution in [0.15, 0.2) is 18.2 Å². The molecule has 0 spiro atoms. The molecule has 0 unspecified atom stereocenters. The molecular formula is C27H52O5Si2. The average Bonchev–Trinajstić information content (AvgIpc) is 2.68. The van der Waals surface area contributed by atoms with Gasteiger partial charge in [0.1, 0.15) is 12.5 Å². The van der Waals surface area contributed by atoms with Gasteiger partial charge < -0.3 is 24.1 Å². The fourth-order valence-corrected chi connectivity index (χ4v) is 4.92. The summed E-state index contributed by atoms with van der Waals surface area (Å²) in [4.78, 5) is 0. The number of benzene rings is 1. The van der Waals surface area contributed by atoms with Gasteiger partial charge in [-0.2, -0.15) is 0 Å². The standard InChI is InChI=1S/C27H52O5Si2/c1-23(2)11-10-14-27(3,28)25-13-12-24(20-31-21-29-15-17-33(4,5)6)19-26(25)32-22-30-16-18-34(7,8)9/h12-13,19,23,28H,10-11,14-18,20-22H2,1-9H3/t27-/m0/s1. The van der Waals surface area contributed by atoms with Crippen LogP contribution in [0.5, 0.6) is 5.75 Å². The molecule has 1 N–H and O–H groups in total. The number of hydrogen-bond acceptors (Lipinski definition) is 5. The first-order valence-corrected chi connectivity index (χ1v) is 20.3. The van der Waals surface area contributed by atoms with Gasteiger partial charge in [0.25, 0.3) is 0 Å². The van der Waals surface area contributed by atoms with Crippen LogP contribution in [-0.2, 0) is 26.4 Å². The molecular weight excluding hydrogens is 460 g/mol. The molecule has 1 rings (SSSR count). The molecule has 0 saturated heterocycles. The second-order valence-electron chi connectivity index (χ2n) is 12.6. The Hall–Kier alpha value is -0.706. The van der Waals surface area contributed by atoms with Crippen LogP contribution in [0.3, 0.4) is 0 Å². The monoisotopic (exact) mass is 512 g/mol. The summed E-state index contributed by atoms with van der Waals surface area (Å²) < 4.78 is 23.2. The molecule has 0 heterocycles. The summed E-state index contributed by atoms with van der Waals surface area (Å²) >= 11 is 0. The summed E-state index contributed by atoms with van der Waals surface area (Å²) in [5.41, 5.74) is 0.842. The van der Waals surface area contributed by atoms with E-state index in [0.717, 1.165) is 42.7 Å². The van der Waals surface area contributed by atoms with Crippen LogP contribution in [0.2, 0.25) is 51.4 Å². The molecule has 5 nitrogen and oxygen atoms in total. The highest BCUT2D eigenvalue weighted by atomic mass is 28.3. The van der Waals surface area contributed by atoms with Crippen molar-refractivity contribution in [3.63, 3.8) is 0 Å². The Kier molecular flexibility index (Phi) is 13.6. The quantitative estimate of drug-likeness (QED) is 0.128. The van der Waals surface area contributed by atoms with Crippen molar-refractivity contribution in [1.29, 1.82) is 0 Å². The second kappa shape index (κ2) is 14.8. The van der Waals surface area contributed by atoms with Crippen LogP contribution in [0.25, 0.3) is 0 Å². The third-order valence-corrected chi connectivity index (χ3v) is 9.21. The van der Waals surface area contributed by atoms with Crippen LogP contribution >= 0.6 is 0 Å². The molecule has 0 aliphatic carbocycles. The molecule has 0 radical (unpaired) electrons. The summed E-state index contributed by atoms with van der Waals surface area (Å²) in [6.07, 6.45) is 2.75. The van der Waals surface area contributed by atoms with Gasteiger partial charge in [-0.3, -0.25) is 0 Å². The van der Waals surface area contributed by atoms with Gasteiger partial charge in [-0.15, -0.1) is 0 Å². The highest BCUT2D eigenvalue weighted by Gasteiger charge is 2.27. The van der Waals surface area contributed by atoms with E-state index in [1.165, 1.54) is 0 Å². The van der Waals surface area contributed by atoms with Gasteiger partial charge in [0.05, 0.1) is 12.2 Å². The summed E-state index contributed by atoms with van der Waals surface area (Å²) in [5.74, 6) is 1.29. The topological polar surface area (TPSA) is 57.2 Å². The van der Waals surface area contributed by atoms with Crippen LogP contribution < -0.4 is 4.74 Å². The SMILES string of the molecule is CC(C)CCC[C@](C)(O)c1ccc(COCOCC[Si](C)(C)C)cc1OCOCC[Si](C)(C)C. The highest BCUT2D eigenvalue weighted by Crippen LogP contribution is 2.35. The van der Waals surface area contributed by atoms with Crippen molar-refractivity contribution in [3.8, 4) is 5.75 Å². The zero-order chi connectivity index (χ0) is 25.8. The highest BCUT2D eigenvalue weighted by molar-refractivity contribution is 6.76. The van der Waals surface area contributed by atoms with Crippen LogP contribution in [0.4, 0.5) is 0 Å². The molecule has 7 heteroatoms. The predicted octanol–water partition coefficient (Wildman–Crippen LogP) is 7.24. The summed E-state index contributed by atoms with van der Waals surface area (Å²) in [7, 11) is -2.23. The van der Waals surface area contributed by atoms with E-state index in [1.54, 1.807) is 0 Å². The first-order valence-electron chi connectivity index (χ1n) is 12.9. The van der Waals surface area contributed by atoms with Gasteiger partial charge in [0.15, 0.2) is 6.79 Å².